The number of halogens is 1. The molecule has 0 unspecified atom stereocenters. The molecular formula is C12H12ClN3O2. The van der Waals surface area contributed by atoms with Gasteiger partial charge in [0, 0.05) is 11.9 Å². The van der Waals surface area contributed by atoms with Gasteiger partial charge < -0.3 is 5.73 Å². The Balaban J connectivity index is 2.47. The van der Waals surface area contributed by atoms with Crippen molar-refractivity contribution in [1.82, 2.24) is 9.55 Å². The molecule has 0 saturated carbocycles. The molecule has 2 rings (SSSR count). The van der Waals surface area contributed by atoms with E-state index >= 15 is 0 Å². The Labute approximate surface area is 108 Å². The number of hydrogen-bond donors (Lipinski definition) is 2. The van der Waals surface area contributed by atoms with Gasteiger partial charge in [0.25, 0.3) is 5.56 Å². The molecule has 0 saturated heterocycles. The van der Waals surface area contributed by atoms with Crippen molar-refractivity contribution in [1.29, 1.82) is 0 Å². The summed E-state index contributed by atoms with van der Waals surface area (Å²) in [5.41, 5.74) is 7.19. The number of hydrogen-bond acceptors (Lipinski definition) is 3. The molecule has 0 spiro atoms. The maximum Gasteiger partial charge on any atom is 0.328 e. The van der Waals surface area contributed by atoms with E-state index in [1.165, 1.54) is 10.8 Å². The molecule has 0 atom stereocenters. The van der Waals surface area contributed by atoms with Crippen molar-refractivity contribution in [2.75, 3.05) is 5.73 Å². The first-order valence-electron chi connectivity index (χ1n) is 5.32. The molecule has 3 N–H and O–H groups in total. The van der Waals surface area contributed by atoms with Crippen LogP contribution < -0.4 is 17.0 Å². The summed E-state index contributed by atoms with van der Waals surface area (Å²) >= 11 is 5.69. The van der Waals surface area contributed by atoms with Gasteiger partial charge in [0.1, 0.15) is 5.02 Å². The fraction of sp³-hybridized carbons (Fsp3) is 0.167. The maximum absolute atomic E-state index is 11.6. The van der Waals surface area contributed by atoms with Crippen molar-refractivity contribution in [3.05, 3.63) is 61.4 Å². The van der Waals surface area contributed by atoms with Gasteiger partial charge in [-0.3, -0.25) is 14.3 Å². The van der Waals surface area contributed by atoms with Gasteiger partial charge in [-0.2, -0.15) is 0 Å². The van der Waals surface area contributed by atoms with Gasteiger partial charge >= 0.3 is 5.69 Å². The van der Waals surface area contributed by atoms with Gasteiger partial charge in [-0.15, -0.1) is 0 Å². The number of nitrogen functional groups attached to an aromatic ring is 1. The molecule has 0 aliphatic carbocycles. The minimum absolute atomic E-state index is 0.0174. The van der Waals surface area contributed by atoms with Gasteiger partial charge in [-0.25, -0.2) is 4.79 Å². The SMILES string of the molecule is Cc1c(N)cccc1Cn1cc(Cl)c(=O)[nH]c1=O. The van der Waals surface area contributed by atoms with Crippen LogP contribution in [0.5, 0.6) is 0 Å². The first-order valence-corrected chi connectivity index (χ1v) is 5.70. The highest BCUT2D eigenvalue weighted by atomic mass is 35.5. The summed E-state index contributed by atoms with van der Waals surface area (Å²) in [5, 5.41) is -0.0174. The van der Waals surface area contributed by atoms with Crippen LogP contribution >= 0.6 is 11.6 Å². The van der Waals surface area contributed by atoms with E-state index in [-0.39, 0.29) is 5.02 Å². The van der Waals surface area contributed by atoms with Gasteiger partial charge in [0.05, 0.1) is 6.54 Å². The van der Waals surface area contributed by atoms with Crippen LogP contribution in [-0.4, -0.2) is 9.55 Å². The largest absolute Gasteiger partial charge is 0.399 e. The number of aromatic amines is 1. The average Bonchev–Trinajstić information content (AvgIpc) is 2.32. The molecule has 94 valence electrons. The minimum Gasteiger partial charge on any atom is -0.399 e. The van der Waals surface area contributed by atoms with Crippen molar-refractivity contribution in [3.63, 3.8) is 0 Å². The van der Waals surface area contributed by atoms with E-state index in [9.17, 15) is 9.59 Å². The second-order valence-corrected chi connectivity index (χ2v) is 4.40. The third kappa shape index (κ3) is 2.31. The number of anilines is 1. The minimum atomic E-state index is -0.581. The average molecular weight is 266 g/mol. The summed E-state index contributed by atoms with van der Waals surface area (Å²) in [6, 6.07) is 5.48. The van der Waals surface area contributed by atoms with Crippen LogP contribution in [0.4, 0.5) is 5.69 Å². The van der Waals surface area contributed by atoms with Gasteiger partial charge in [-0.1, -0.05) is 23.7 Å². The fourth-order valence-corrected chi connectivity index (χ4v) is 1.82. The van der Waals surface area contributed by atoms with Crippen molar-refractivity contribution < 1.29 is 0 Å². The summed E-state index contributed by atoms with van der Waals surface area (Å²) < 4.78 is 1.34. The summed E-state index contributed by atoms with van der Waals surface area (Å²) in [6.45, 7) is 2.19. The number of H-pyrrole nitrogens is 1. The molecule has 18 heavy (non-hydrogen) atoms. The lowest BCUT2D eigenvalue weighted by Gasteiger charge is -2.10. The van der Waals surface area contributed by atoms with Crippen LogP contribution in [0.3, 0.4) is 0 Å². The topological polar surface area (TPSA) is 80.9 Å². The van der Waals surface area contributed by atoms with E-state index in [4.69, 9.17) is 17.3 Å². The highest BCUT2D eigenvalue weighted by Gasteiger charge is 2.06. The third-order valence-corrected chi connectivity index (χ3v) is 3.07. The molecule has 6 heteroatoms. The summed E-state index contributed by atoms with van der Waals surface area (Å²) in [5.74, 6) is 0. The molecule has 0 bridgehead atoms. The zero-order valence-corrected chi connectivity index (χ0v) is 10.5. The number of aromatic nitrogens is 2. The van der Waals surface area contributed by atoms with E-state index in [2.05, 4.69) is 4.98 Å². The number of rotatable bonds is 2. The standard InChI is InChI=1S/C12H12ClN3O2/c1-7-8(3-2-4-10(7)14)5-16-6-9(13)11(17)15-12(16)18/h2-4,6H,5,14H2,1H3,(H,15,17,18). The maximum atomic E-state index is 11.6. The predicted octanol–water partition coefficient (Wildman–Crippen LogP) is 1.13. The number of nitrogens with one attached hydrogen (secondary N) is 1. The molecule has 0 radical (unpaired) electrons. The van der Waals surface area contributed by atoms with Crippen LogP contribution in [0.2, 0.25) is 5.02 Å². The Morgan fingerprint density at radius 3 is 2.83 bits per heavy atom. The molecule has 1 aromatic carbocycles. The predicted molar refractivity (Wildman–Crippen MR) is 71.0 cm³/mol. The molecular weight excluding hydrogens is 254 g/mol. The highest BCUT2D eigenvalue weighted by molar-refractivity contribution is 6.30. The van der Waals surface area contributed by atoms with Crippen LogP contribution in [-0.2, 0) is 6.54 Å². The summed E-state index contributed by atoms with van der Waals surface area (Å²) in [4.78, 5) is 24.9. The lowest BCUT2D eigenvalue weighted by Crippen LogP contribution is -2.30. The molecule has 0 fully saturated rings. The molecule has 0 aliphatic rings. The number of benzene rings is 1. The van der Waals surface area contributed by atoms with Crippen molar-refractivity contribution in [2.45, 2.75) is 13.5 Å². The Morgan fingerprint density at radius 2 is 2.11 bits per heavy atom. The quantitative estimate of drug-likeness (QED) is 0.799. The third-order valence-electron chi connectivity index (χ3n) is 2.80. The molecule has 0 aliphatic heterocycles. The zero-order valence-electron chi connectivity index (χ0n) is 9.74. The van der Waals surface area contributed by atoms with Crippen molar-refractivity contribution >= 4 is 17.3 Å². The normalized spacial score (nSPS) is 10.6. The highest BCUT2D eigenvalue weighted by Crippen LogP contribution is 2.16. The van der Waals surface area contributed by atoms with Gasteiger partial charge in [-0.05, 0) is 24.1 Å². The van der Waals surface area contributed by atoms with E-state index in [1.54, 1.807) is 6.07 Å². The molecule has 1 aromatic heterocycles. The second-order valence-electron chi connectivity index (χ2n) is 4.00. The van der Waals surface area contributed by atoms with E-state index in [1.807, 2.05) is 19.1 Å². The number of nitrogens with zero attached hydrogens (tertiary/aromatic N) is 1. The smallest absolute Gasteiger partial charge is 0.328 e. The first-order chi connectivity index (χ1) is 8.49. The lowest BCUT2D eigenvalue weighted by atomic mass is 10.1. The Kier molecular flexibility index (Phi) is 3.25. The Hall–Kier alpha value is -2.01. The van der Waals surface area contributed by atoms with Crippen LogP contribution in [0.15, 0.2) is 34.0 Å². The van der Waals surface area contributed by atoms with Crippen molar-refractivity contribution in [3.8, 4) is 0 Å². The summed E-state index contributed by atoms with van der Waals surface area (Å²) in [6.07, 6.45) is 1.32. The molecule has 0 amide bonds. The zero-order chi connectivity index (χ0) is 13.3. The van der Waals surface area contributed by atoms with E-state index < -0.39 is 11.2 Å². The lowest BCUT2D eigenvalue weighted by molar-refractivity contribution is 0.718. The van der Waals surface area contributed by atoms with E-state index in [0.717, 1.165) is 11.1 Å². The van der Waals surface area contributed by atoms with Crippen LogP contribution in [0, 0.1) is 6.92 Å². The van der Waals surface area contributed by atoms with Crippen LogP contribution in [0.1, 0.15) is 11.1 Å². The molecule has 2 aromatic rings. The molecule has 1 heterocycles. The summed E-state index contributed by atoms with van der Waals surface area (Å²) in [7, 11) is 0. The first kappa shape index (κ1) is 12.4. The Bertz CT molecular complexity index is 703. The van der Waals surface area contributed by atoms with Gasteiger partial charge in [0.2, 0.25) is 0 Å². The molecule has 5 nitrogen and oxygen atoms in total. The number of nitrogens with two attached hydrogens (primary N) is 1. The van der Waals surface area contributed by atoms with Crippen LogP contribution in [0.25, 0.3) is 0 Å². The second kappa shape index (κ2) is 4.70. The van der Waals surface area contributed by atoms with E-state index in [0.29, 0.717) is 12.2 Å². The Morgan fingerprint density at radius 1 is 1.39 bits per heavy atom. The monoisotopic (exact) mass is 265 g/mol. The fourth-order valence-electron chi connectivity index (χ4n) is 1.66. The van der Waals surface area contributed by atoms with Gasteiger partial charge in [0.15, 0.2) is 0 Å². The van der Waals surface area contributed by atoms with Crippen molar-refractivity contribution in [2.24, 2.45) is 0 Å².